The van der Waals surface area contributed by atoms with Crippen molar-refractivity contribution in [2.75, 3.05) is 31.6 Å². The molecule has 1 aliphatic heterocycles. The van der Waals surface area contributed by atoms with Gasteiger partial charge < -0.3 is 15.5 Å². The van der Waals surface area contributed by atoms with Crippen molar-refractivity contribution in [2.45, 2.75) is 40.2 Å². The monoisotopic (exact) mass is 430 g/mol. The number of nitrogens with one attached hydrogen (secondary N) is 2. The smallest absolute Gasteiger partial charge is 0.191 e. The lowest BCUT2D eigenvalue weighted by Gasteiger charge is -2.27. The van der Waals surface area contributed by atoms with Gasteiger partial charge in [-0.2, -0.15) is 0 Å². The van der Waals surface area contributed by atoms with Gasteiger partial charge in [0, 0.05) is 32.4 Å². The molecule has 1 aromatic rings. The quantitative estimate of drug-likeness (QED) is 0.428. The van der Waals surface area contributed by atoms with Crippen molar-refractivity contribution >= 4 is 35.6 Å². The van der Waals surface area contributed by atoms with Crippen LogP contribution in [0.5, 0.6) is 0 Å². The van der Waals surface area contributed by atoms with E-state index in [1.54, 1.807) is 0 Å². The second-order valence-electron chi connectivity index (χ2n) is 6.46. The van der Waals surface area contributed by atoms with E-state index in [9.17, 15) is 0 Å². The fraction of sp³-hybridized carbons (Fsp3) is 0.611. The lowest BCUT2D eigenvalue weighted by molar-refractivity contribution is 0.615. The predicted octanol–water partition coefficient (Wildman–Crippen LogP) is 3.40. The Morgan fingerprint density at radius 1 is 1.30 bits per heavy atom. The van der Waals surface area contributed by atoms with Crippen molar-refractivity contribution in [3.8, 4) is 0 Å². The van der Waals surface area contributed by atoms with E-state index in [-0.39, 0.29) is 24.0 Å². The topological polar surface area (TPSA) is 39.7 Å². The molecule has 4 nitrogen and oxygen atoms in total. The van der Waals surface area contributed by atoms with Crippen LogP contribution in [0.3, 0.4) is 0 Å². The highest BCUT2D eigenvalue weighted by Gasteiger charge is 2.13. The Hall–Kier alpha value is -0.980. The van der Waals surface area contributed by atoms with Crippen molar-refractivity contribution in [1.82, 2.24) is 10.6 Å². The Morgan fingerprint density at radius 3 is 2.78 bits per heavy atom. The number of rotatable bonds is 5. The number of nitrogens with zero attached hydrogens (tertiary/aromatic N) is 2. The van der Waals surface area contributed by atoms with Gasteiger partial charge in [0.1, 0.15) is 0 Å². The van der Waals surface area contributed by atoms with Crippen LogP contribution in [-0.4, -0.2) is 32.6 Å². The number of anilines is 1. The van der Waals surface area contributed by atoms with Gasteiger partial charge in [-0.05, 0) is 42.9 Å². The van der Waals surface area contributed by atoms with Crippen molar-refractivity contribution < 1.29 is 0 Å². The Bertz CT molecular complexity index is 514. The minimum atomic E-state index is 0. The average Bonchev–Trinajstić information content (AvgIpc) is 2.50. The molecule has 0 aromatic heterocycles. The van der Waals surface area contributed by atoms with E-state index in [1.807, 2.05) is 0 Å². The first-order valence-electron chi connectivity index (χ1n) is 8.45. The Kier molecular flexibility index (Phi) is 8.73. The average molecular weight is 430 g/mol. The number of aryl methyl sites for hydroxylation is 1. The highest BCUT2D eigenvalue weighted by molar-refractivity contribution is 14.0. The van der Waals surface area contributed by atoms with Crippen LogP contribution in [0.15, 0.2) is 23.2 Å². The highest BCUT2D eigenvalue weighted by Crippen LogP contribution is 2.26. The third-order valence-corrected chi connectivity index (χ3v) is 3.94. The van der Waals surface area contributed by atoms with Crippen molar-refractivity contribution in [1.29, 1.82) is 0 Å². The Morgan fingerprint density at radius 2 is 2.09 bits per heavy atom. The first-order valence-corrected chi connectivity index (χ1v) is 8.45. The molecule has 0 aliphatic carbocycles. The van der Waals surface area contributed by atoms with Gasteiger partial charge in [-0.1, -0.05) is 26.0 Å². The lowest BCUT2D eigenvalue weighted by atomic mass is 10.00. The molecule has 2 rings (SSSR count). The summed E-state index contributed by atoms with van der Waals surface area (Å²) in [5.41, 5.74) is 4.13. The van der Waals surface area contributed by atoms with Crippen LogP contribution in [0.4, 0.5) is 5.69 Å². The molecule has 0 radical (unpaired) electrons. The summed E-state index contributed by atoms with van der Waals surface area (Å²) in [6.45, 7) is 10.2. The van der Waals surface area contributed by atoms with Gasteiger partial charge in [0.2, 0.25) is 0 Å². The SMILES string of the molecule is CCNC(=NCc1ccc2c(c1)CCCN2C)NCC(C)C.I. The highest BCUT2D eigenvalue weighted by atomic mass is 127. The number of fused-ring (bicyclic) bond motifs is 1. The van der Waals surface area contributed by atoms with Gasteiger partial charge in [-0.25, -0.2) is 4.99 Å². The van der Waals surface area contributed by atoms with E-state index in [0.717, 1.165) is 32.1 Å². The second-order valence-corrected chi connectivity index (χ2v) is 6.46. The molecule has 0 amide bonds. The molecule has 1 heterocycles. The van der Waals surface area contributed by atoms with Crippen LogP contribution in [-0.2, 0) is 13.0 Å². The first kappa shape index (κ1) is 20.1. The van der Waals surface area contributed by atoms with E-state index in [2.05, 4.69) is 61.6 Å². The van der Waals surface area contributed by atoms with Crippen molar-refractivity contribution in [3.63, 3.8) is 0 Å². The van der Waals surface area contributed by atoms with Gasteiger partial charge in [-0.3, -0.25) is 0 Å². The maximum atomic E-state index is 4.70. The molecular weight excluding hydrogens is 399 g/mol. The van der Waals surface area contributed by atoms with Crippen LogP contribution in [0.2, 0.25) is 0 Å². The molecule has 0 saturated heterocycles. The second kappa shape index (κ2) is 10.0. The molecule has 0 bridgehead atoms. The molecule has 5 heteroatoms. The Balaban J connectivity index is 0.00000264. The van der Waals surface area contributed by atoms with Crippen molar-refractivity contribution in [2.24, 2.45) is 10.9 Å². The molecule has 0 spiro atoms. The minimum Gasteiger partial charge on any atom is -0.374 e. The van der Waals surface area contributed by atoms with E-state index in [4.69, 9.17) is 4.99 Å². The molecule has 0 unspecified atom stereocenters. The fourth-order valence-electron chi connectivity index (χ4n) is 2.75. The van der Waals surface area contributed by atoms with Gasteiger partial charge in [0.25, 0.3) is 0 Å². The summed E-state index contributed by atoms with van der Waals surface area (Å²) in [4.78, 5) is 7.05. The lowest BCUT2D eigenvalue weighted by Crippen LogP contribution is -2.39. The summed E-state index contributed by atoms with van der Waals surface area (Å²) in [7, 11) is 2.18. The van der Waals surface area contributed by atoms with Gasteiger partial charge in [0.05, 0.1) is 6.54 Å². The Labute approximate surface area is 158 Å². The third kappa shape index (κ3) is 6.20. The van der Waals surface area contributed by atoms with Crippen molar-refractivity contribution in [3.05, 3.63) is 29.3 Å². The predicted molar refractivity (Wildman–Crippen MR) is 111 cm³/mol. The summed E-state index contributed by atoms with van der Waals surface area (Å²) >= 11 is 0. The third-order valence-electron chi connectivity index (χ3n) is 3.94. The van der Waals surface area contributed by atoms with E-state index in [0.29, 0.717) is 5.92 Å². The van der Waals surface area contributed by atoms with Crippen LogP contribution in [0.1, 0.15) is 38.3 Å². The van der Waals surface area contributed by atoms with Crippen LogP contribution in [0.25, 0.3) is 0 Å². The number of guanidine groups is 1. The summed E-state index contributed by atoms with van der Waals surface area (Å²) in [5, 5.41) is 6.70. The number of hydrogen-bond donors (Lipinski definition) is 2. The molecule has 0 fully saturated rings. The molecular formula is C18H31IN4. The van der Waals surface area contributed by atoms with Crippen LogP contribution in [0, 0.1) is 5.92 Å². The normalized spacial score (nSPS) is 14.3. The van der Waals surface area contributed by atoms with Crippen LogP contribution >= 0.6 is 24.0 Å². The maximum Gasteiger partial charge on any atom is 0.191 e. The minimum absolute atomic E-state index is 0. The van der Waals surface area contributed by atoms with E-state index < -0.39 is 0 Å². The van der Waals surface area contributed by atoms with Crippen LogP contribution < -0.4 is 15.5 Å². The van der Waals surface area contributed by atoms with Gasteiger partial charge >= 0.3 is 0 Å². The molecule has 1 aromatic carbocycles. The number of hydrogen-bond acceptors (Lipinski definition) is 2. The molecule has 1 aliphatic rings. The van der Waals surface area contributed by atoms with E-state index in [1.165, 1.54) is 29.7 Å². The standard InChI is InChI=1S/C18H30N4.HI/c1-5-19-18(20-12-14(2)3)21-13-15-8-9-17-16(11-15)7-6-10-22(17)4;/h8-9,11,14H,5-7,10,12-13H2,1-4H3,(H2,19,20,21);1H. The molecule has 23 heavy (non-hydrogen) atoms. The van der Waals surface area contributed by atoms with Gasteiger partial charge in [0.15, 0.2) is 5.96 Å². The van der Waals surface area contributed by atoms with E-state index >= 15 is 0 Å². The zero-order valence-corrected chi connectivity index (χ0v) is 17.2. The summed E-state index contributed by atoms with van der Waals surface area (Å²) in [6, 6.07) is 6.77. The fourth-order valence-corrected chi connectivity index (χ4v) is 2.75. The maximum absolute atomic E-state index is 4.70. The van der Waals surface area contributed by atoms with Gasteiger partial charge in [-0.15, -0.1) is 24.0 Å². The number of benzene rings is 1. The summed E-state index contributed by atoms with van der Waals surface area (Å²) < 4.78 is 0. The zero-order chi connectivity index (χ0) is 15.9. The zero-order valence-electron chi connectivity index (χ0n) is 14.9. The largest absolute Gasteiger partial charge is 0.374 e. The first-order chi connectivity index (χ1) is 10.6. The molecule has 0 saturated carbocycles. The summed E-state index contributed by atoms with van der Waals surface area (Å²) in [5.74, 6) is 1.52. The summed E-state index contributed by atoms with van der Waals surface area (Å²) in [6.07, 6.45) is 2.43. The number of aliphatic imine (C=N–C) groups is 1. The molecule has 2 N–H and O–H groups in total. The molecule has 0 atom stereocenters. The number of halogens is 1. The molecule has 130 valence electrons.